The number of pyridine rings is 1. The van der Waals surface area contributed by atoms with E-state index in [-0.39, 0.29) is 22.9 Å². The van der Waals surface area contributed by atoms with E-state index in [2.05, 4.69) is 9.71 Å². The summed E-state index contributed by atoms with van der Waals surface area (Å²) in [6.45, 7) is -0.0819. The molecule has 7 nitrogen and oxygen atoms in total. The third kappa shape index (κ3) is 4.17. The van der Waals surface area contributed by atoms with Gasteiger partial charge in [0, 0.05) is 48.7 Å². The molecule has 31 heavy (non-hydrogen) atoms. The van der Waals surface area contributed by atoms with Gasteiger partial charge < -0.3 is 0 Å². The average molecular weight is 456 g/mol. The van der Waals surface area contributed by atoms with Crippen LogP contribution in [0.15, 0.2) is 88.9 Å². The lowest BCUT2D eigenvalue weighted by molar-refractivity contribution is 0.469. The zero-order valence-electron chi connectivity index (χ0n) is 16.8. The van der Waals surface area contributed by atoms with Gasteiger partial charge in [0.05, 0.1) is 9.79 Å². The minimum atomic E-state index is -3.83. The molecule has 0 saturated heterocycles. The summed E-state index contributed by atoms with van der Waals surface area (Å²) in [6, 6.07) is 18.9. The van der Waals surface area contributed by atoms with Crippen LogP contribution in [-0.2, 0) is 20.0 Å². The molecule has 4 rings (SSSR count). The molecule has 9 heteroatoms. The molecule has 4 aromatic rings. The summed E-state index contributed by atoms with van der Waals surface area (Å²) >= 11 is 0. The maximum Gasteiger partial charge on any atom is 0.243 e. The highest BCUT2D eigenvalue weighted by molar-refractivity contribution is 7.90. The summed E-state index contributed by atoms with van der Waals surface area (Å²) in [6.07, 6.45) is 3.13. The van der Waals surface area contributed by atoms with Crippen LogP contribution < -0.4 is 4.72 Å². The summed E-state index contributed by atoms with van der Waals surface area (Å²) in [5.41, 5.74) is 0. The van der Waals surface area contributed by atoms with Crippen molar-refractivity contribution in [3.63, 3.8) is 0 Å². The lowest BCUT2D eigenvalue weighted by Crippen LogP contribution is -2.36. The van der Waals surface area contributed by atoms with E-state index < -0.39 is 20.0 Å². The zero-order valence-corrected chi connectivity index (χ0v) is 18.4. The van der Waals surface area contributed by atoms with Gasteiger partial charge in [-0.1, -0.05) is 48.5 Å². The molecule has 1 heterocycles. The Balaban J connectivity index is 1.52. The van der Waals surface area contributed by atoms with Crippen molar-refractivity contribution in [3.05, 3.63) is 79.1 Å². The zero-order chi connectivity index (χ0) is 22.1. The highest BCUT2D eigenvalue weighted by atomic mass is 32.2. The Morgan fingerprint density at radius 3 is 2.26 bits per heavy atom. The number of sulfonamides is 2. The SMILES string of the molecule is CN(CCNS(=O)(=O)c1cccc2cnccc12)S(=O)(=O)c1cccc2ccccc12. The van der Waals surface area contributed by atoms with Gasteiger partial charge in [0.25, 0.3) is 0 Å². The molecule has 160 valence electrons. The predicted octanol–water partition coefficient (Wildman–Crippen LogP) is 2.99. The molecule has 0 atom stereocenters. The van der Waals surface area contributed by atoms with Gasteiger partial charge in [-0.2, -0.15) is 4.31 Å². The first-order chi connectivity index (χ1) is 14.8. The molecule has 0 radical (unpaired) electrons. The number of hydrogen-bond donors (Lipinski definition) is 1. The van der Waals surface area contributed by atoms with E-state index in [0.29, 0.717) is 16.2 Å². The first-order valence-corrected chi connectivity index (χ1v) is 12.5. The standard InChI is InChI=1S/C22H21N3O4S2/c1-25(31(28,29)22-11-4-7-17-6-2-3-9-19(17)22)15-14-24-30(26,27)21-10-5-8-18-16-23-13-12-20(18)21/h2-13,16,24H,14-15H2,1H3. The molecule has 0 saturated carbocycles. The van der Waals surface area contributed by atoms with Crippen LogP contribution in [0.3, 0.4) is 0 Å². The van der Waals surface area contributed by atoms with Crippen molar-refractivity contribution in [2.75, 3.05) is 20.1 Å². The lowest BCUT2D eigenvalue weighted by atomic mass is 10.1. The highest BCUT2D eigenvalue weighted by Gasteiger charge is 2.24. The van der Waals surface area contributed by atoms with Gasteiger partial charge in [-0.3, -0.25) is 4.98 Å². The second-order valence-electron chi connectivity index (χ2n) is 7.05. The molecule has 1 N–H and O–H groups in total. The van der Waals surface area contributed by atoms with Gasteiger partial charge in [0.1, 0.15) is 0 Å². The summed E-state index contributed by atoms with van der Waals surface area (Å²) in [7, 11) is -6.18. The smallest absolute Gasteiger partial charge is 0.243 e. The molecule has 0 spiro atoms. The molecule has 0 bridgehead atoms. The van der Waals surface area contributed by atoms with Crippen molar-refractivity contribution in [2.24, 2.45) is 0 Å². The average Bonchev–Trinajstić information content (AvgIpc) is 2.78. The number of nitrogens with zero attached hydrogens (tertiary/aromatic N) is 2. The van der Waals surface area contributed by atoms with Crippen molar-refractivity contribution in [1.29, 1.82) is 0 Å². The Kier molecular flexibility index (Phi) is 5.76. The molecule has 0 fully saturated rings. The maximum atomic E-state index is 13.1. The van der Waals surface area contributed by atoms with Gasteiger partial charge in [0.2, 0.25) is 20.0 Å². The number of fused-ring (bicyclic) bond motifs is 2. The van der Waals surface area contributed by atoms with E-state index >= 15 is 0 Å². The van der Waals surface area contributed by atoms with Crippen molar-refractivity contribution in [1.82, 2.24) is 14.0 Å². The fraction of sp³-hybridized carbons (Fsp3) is 0.136. The molecule has 0 unspecified atom stereocenters. The molecular formula is C22H21N3O4S2. The first-order valence-electron chi connectivity index (χ1n) is 9.57. The van der Waals surface area contributed by atoms with E-state index in [1.54, 1.807) is 48.7 Å². The normalized spacial score (nSPS) is 12.6. The molecular weight excluding hydrogens is 434 g/mol. The number of benzene rings is 3. The first kappa shape index (κ1) is 21.4. The summed E-state index contributed by atoms with van der Waals surface area (Å²) in [5.74, 6) is 0. The van der Waals surface area contributed by atoms with Crippen molar-refractivity contribution >= 4 is 41.6 Å². The Bertz CT molecular complexity index is 1460. The lowest BCUT2D eigenvalue weighted by Gasteiger charge is -2.19. The second kappa shape index (κ2) is 8.35. The third-order valence-electron chi connectivity index (χ3n) is 5.09. The highest BCUT2D eigenvalue weighted by Crippen LogP contribution is 2.25. The van der Waals surface area contributed by atoms with Gasteiger partial charge in [-0.15, -0.1) is 0 Å². The largest absolute Gasteiger partial charge is 0.264 e. The van der Waals surface area contributed by atoms with Gasteiger partial charge in [-0.25, -0.2) is 21.6 Å². The van der Waals surface area contributed by atoms with Crippen molar-refractivity contribution in [2.45, 2.75) is 9.79 Å². The Labute approximate surface area is 181 Å². The predicted molar refractivity (Wildman–Crippen MR) is 121 cm³/mol. The van der Waals surface area contributed by atoms with E-state index in [9.17, 15) is 16.8 Å². The van der Waals surface area contributed by atoms with Gasteiger partial charge in [-0.05, 0) is 23.6 Å². The fourth-order valence-electron chi connectivity index (χ4n) is 3.45. The number of nitrogens with one attached hydrogen (secondary N) is 1. The van der Waals surface area contributed by atoms with E-state index in [1.807, 2.05) is 18.2 Å². The van der Waals surface area contributed by atoms with Crippen LogP contribution in [0, 0.1) is 0 Å². The van der Waals surface area contributed by atoms with Crippen LogP contribution >= 0.6 is 0 Å². The Morgan fingerprint density at radius 2 is 1.45 bits per heavy atom. The second-order valence-corrected chi connectivity index (χ2v) is 10.8. The topological polar surface area (TPSA) is 96.4 Å². The molecule has 0 aliphatic carbocycles. The van der Waals surface area contributed by atoms with Crippen LogP contribution in [0.1, 0.15) is 0 Å². The van der Waals surface area contributed by atoms with Crippen LogP contribution in [0.25, 0.3) is 21.5 Å². The van der Waals surface area contributed by atoms with Crippen LogP contribution in [0.2, 0.25) is 0 Å². The third-order valence-corrected chi connectivity index (χ3v) is 8.52. The summed E-state index contributed by atoms with van der Waals surface area (Å²) in [5, 5.41) is 2.72. The van der Waals surface area contributed by atoms with Crippen molar-refractivity contribution < 1.29 is 16.8 Å². The number of aromatic nitrogens is 1. The van der Waals surface area contributed by atoms with Crippen molar-refractivity contribution in [3.8, 4) is 0 Å². The fourth-order valence-corrected chi connectivity index (χ4v) is 6.08. The summed E-state index contributed by atoms with van der Waals surface area (Å²) < 4.78 is 55.5. The Hall–Kier alpha value is -2.85. The molecule has 0 aliphatic rings. The minimum Gasteiger partial charge on any atom is -0.264 e. The van der Waals surface area contributed by atoms with E-state index in [0.717, 1.165) is 9.69 Å². The Morgan fingerprint density at radius 1 is 0.806 bits per heavy atom. The van der Waals surface area contributed by atoms with Gasteiger partial charge in [0.15, 0.2) is 0 Å². The number of likely N-dealkylation sites (N-methyl/N-ethyl adjacent to an activating group) is 1. The van der Waals surface area contributed by atoms with E-state index in [4.69, 9.17) is 0 Å². The number of hydrogen-bond acceptors (Lipinski definition) is 5. The van der Waals surface area contributed by atoms with Crippen LogP contribution in [0.4, 0.5) is 0 Å². The monoisotopic (exact) mass is 455 g/mol. The minimum absolute atomic E-state index is 0.0168. The summed E-state index contributed by atoms with van der Waals surface area (Å²) in [4.78, 5) is 4.33. The molecule has 1 aromatic heterocycles. The van der Waals surface area contributed by atoms with Gasteiger partial charge >= 0.3 is 0 Å². The van der Waals surface area contributed by atoms with E-state index in [1.165, 1.54) is 19.3 Å². The van der Waals surface area contributed by atoms with Crippen LogP contribution in [0.5, 0.6) is 0 Å². The maximum absolute atomic E-state index is 13.1. The number of rotatable bonds is 7. The molecule has 3 aromatic carbocycles. The van der Waals surface area contributed by atoms with Crippen LogP contribution in [-0.4, -0.2) is 46.3 Å². The molecule has 0 aliphatic heterocycles. The quantitative estimate of drug-likeness (QED) is 0.462. The molecule has 0 amide bonds.